The zero-order chi connectivity index (χ0) is 27.4. The van der Waals surface area contributed by atoms with Crippen LogP contribution < -0.4 is 0 Å². The number of rotatable bonds is 9. The van der Waals surface area contributed by atoms with E-state index in [1.807, 2.05) is 6.08 Å². The average molecular weight is 522 g/mol. The van der Waals surface area contributed by atoms with Gasteiger partial charge in [-0.25, -0.2) is 0 Å². The summed E-state index contributed by atoms with van der Waals surface area (Å²) in [4.78, 5) is 47.7. The average Bonchev–Trinajstić information content (AvgIpc) is 3.17. The number of aliphatic hydroxyl groups is 2. The number of Topliss-reactive ketones (excluding diaryl/α,β-unsaturated/α-hetero) is 1. The summed E-state index contributed by atoms with van der Waals surface area (Å²) < 4.78 is 0. The van der Waals surface area contributed by atoms with Crippen molar-refractivity contribution in [2.24, 2.45) is 34.5 Å². The smallest absolute Gasteiger partial charge is 0.303 e. The molecule has 7 unspecified atom stereocenters. The van der Waals surface area contributed by atoms with E-state index in [2.05, 4.69) is 18.7 Å². The molecule has 4 aliphatic carbocycles. The number of fused-ring (bicyclic) bond motifs is 5. The molecule has 0 bridgehead atoms. The van der Waals surface area contributed by atoms with Crippen molar-refractivity contribution in [3.63, 3.8) is 0 Å². The second-order valence-electron chi connectivity index (χ2n) is 11.3. The van der Waals surface area contributed by atoms with Crippen LogP contribution in [0.1, 0.15) is 71.6 Å². The van der Waals surface area contributed by atoms with Gasteiger partial charge in [-0.2, -0.15) is 0 Å². The van der Waals surface area contributed by atoms with Crippen molar-refractivity contribution in [3.05, 3.63) is 33.9 Å². The van der Waals surface area contributed by atoms with E-state index < -0.39 is 23.8 Å². The molecule has 0 amide bonds. The minimum Gasteiger partial charge on any atom is -0.481 e. The summed E-state index contributed by atoms with van der Waals surface area (Å²) in [6.45, 7) is 3.96. The molecule has 3 fully saturated rings. The topological polar surface area (TPSA) is 164 Å². The highest BCUT2D eigenvalue weighted by Crippen LogP contribution is 2.66. The normalized spacial score (nSPS) is 35.7. The highest BCUT2D eigenvalue weighted by molar-refractivity contribution is 6.01. The Hall–Kier alpha value is -2.59. The number of unbranched alkanes of at least 4 members (excludes halogenated alkanes) is 2. The molecule has 0 aromatic carbocycles. The summed E-state index contributed by atoms with van der Waals surface area (Å²) in [6.07, 6.45) is 11.1. The third kappa shape index (κ3) is 6.12. The minimum absolute atomic E-state index is 0.0482. The Kier molecular flexibility index (Phi) is 9.28. The number of carboxylic acid groups (broad SMARTS) is 1. The molecule has 3 saturated carbocycles. The van der Waals surface area contributed by atoms with Gasteiger partial charge in [0.2, 0.25) is 0 Å². The van der Waals surface area contributed by atoms with Crippen molar-refractivity contribution in [3.8, 4) is 0 Å². The SMILES string of the molecule is CC12C=CC(=O)C=C1CCC1C2C(O)CC2(C)C(C(=O)CO)CCC12.O=C(O)CCCCCO[N+](=O)[O-]. The predicted molar refractivity (Wildman–Crippen MR) is 133 cm³/mol. The van der Waals surface area contributed by atoms with Crippen molar-refractivity contribution in [1.82, 2.24) is 0 Å². The number of nitrogens with zero attached hydrogens (tertiary/aromatic N) is 1. The molecule has 4 aliphatic rings. The van der Waals surface area contributed by atoms with Gasteiger partial charge >= 0.3 is 5.97 Å². The van der Waals surface area contributed by atoms with E-state index in [4.69, 9.17) is 5.11 Å². The van der Waals surface area contributed by atoms with Crippen molar-refractivity contribution in [2.75, 3.05) is 13.2 Å². The fourth-order valence-electron chi connectivity index (χ4n) is 7.66. The Morgan fingerprint density at radius 2 is 1.92 bits per heavy atom. The molecular formula is C27H39NO9. The van der Waals surface area contributed by atoms with Crippen LogP contribution in [0.25, 0.3) is 0 Å². The van der Waals surface area contributed by atoms with Gasteiger partial charge in [0.05, 0.1) is 12.7 Å². The zero-order valence-electron chi connectivity index (χ0n) is 21.6. The number of carboxylic acids is 1. The van der Waals surface area contributed by atoms with Crippen molar-refractivity contribution < 1.29 is 39.6 Å². The molecule has 0 saturated heterocycles. The molecule has 0 radical (unpaired) electrons. The van der Waals surface area contributed by atoms with E-state index >= 15 is 0 Å². The summed E-state index contributed by atoms with van der Waals surface area (Å²) in [7, 11) is 0. The summed E-state index contributed by atoms with van der Waals surface area (Å²) in [5.74, 6) is -0.109. The van der Waals surface area contributed by atoms with E-state index in [9.17, 15) is 34.7 Å². The number of hydrogen-bond acceptors (Lipinski definition) is 8. The van der Waals surface area contributed by atoms with Crippen LogP contribution in [0.15, 0.2) is 23.8 Å². The van der Waals surface area contributed by atoms with Crippen LogP contribution in [-0.2, 0) is 19.2 Å². The molecule has 37 heavy (non-hydrogen) atoms. The van der Waals surface area contributed by atoms with E-state index in [-0.39, 0.29) is 47.3 Å². The fraction of sp³-hybridized carbons (Fsp3) is 0.741. The predicted octanol–water partition coefficient (Wildman–Crippen LogP) is 3.28. The summed E-state index contributed by atoms with van der Waals surface area (Å²) in [6, 6.07) is 0. The lowest BCUT2D eigenvalue weighted by Crippen LogP contribution is -2.56. The Labute approximate surface area is 216 Å². The third-order valence-electron chi connectivity index (χ3n) is 9.27. The highest BCUT2D eigenvalue weighted by Gasteiger charge is 2.62. The van der Waals surface area contributed by atoms with Crippen molar-refractivity contribution in [1.29, 1.82) is 0 Å². The Morgan fingerprint density at radius 1 is 1.19 bits per heavy atom. The monoisotopic (exact) mass is 521 g/mol. The van der Waals surface area contributed by atoms with Crippen molar-refractivity contribution in [2.45, 2.75) is 77.7 Å². The maximum atomic E-state index is 12.3. The second-order valence-corrected chi connectivity index (χ2v) is 11.3. The maximum Gasteiger partial charge on any atom is 0.303 e. The number of carbonyl (C=O) groups excluding carboxylic acids is 2. The first-order valence-electron chi connectivity index (χ1n) is 13.2. The number of allylic oxidation sites excluding steroid dienone is 4. The van der Waals surface area contributed by atoms with Crippen LogP contribution in [0.3, 0.4) is 0 Å². The number of aliphatic carboxylic acids is 1. The second kappa shape index (κ2) is 11.9. The third-order valence-corrected chi connectivity index (χ3v) is 9.27. The van der Waals surface area contributed by atoms with E-state index in [1.54, 1.807) is 12.2 Å². The molecule has 0 spiro atoms. The molecule has 7 atom stereocenters. The molecule has 3 N–H and O–H groups in total. The molecule has 0 heterocycles. The van der Waals surface area contributed by atoms with Crippen molar-refractivity contribution >= 4 is 17.5 Å². The van der Waals surface area contributed by atoms with Crippen LogP contribution in [0.4, 0.5) is 0 Å². The number of aliphatic hydroxyl groups excluding tert-OH is 2. The lowest BCUT2D eigenvalue weighted by molar-refractivity contribution is -0.757. The Bertz CT molecular complexity index is 942. The molecule has 0 aromatic rings. The van der Waals surface area contributed by atoms with Gasteiger partial charge in [-0.3, -0.25) is 14.4 Å². The van der Waals surface area contributed by atoms with Gasteiger partial charge in [-0.15, -0.1) is 10.1 Å². The summed E-state index contributed by atoms with van der Waals surface area (Å²) in [5, 5.41) is 37.5. The van der Waals surface area contributed by atoms with Gasteiger partial charge in [-0.05, 0) is 74.3 Å². The largest absolute Gasteiger partial charge is 0.481 e. The maximum absolute atomic E-state index is 12.3. The van der Waals surface area contributed by atoms with E-state index in [1.165, 1.54) is 0 Å². The Morgan fingerprint density at radius 3 is 2.57 bits per heavy atom. The van der Waals surface area contributed by atoms with Crippen LogP contribution in [-0.4, -0.2) is 57.3 Å². The van der Waals surface area contributed by atoms with Gasteiger partial charge in [-0.1, -0.05) is 31.9 Å². The molecular weight excluding hydrogens is 482 g/mol. The van der Waals surface area contributed by atoms with Gasteiger partial charge < -0.3 is 20.2 Å². The standard InChI is InChI=1S/C21H28O4.C6H11NO5/c1-20-8-7-13(23)9-12(20)3-4-14-15-5-6-16(18(25)11-22)21(15,2)10-17(24)19(14)20;8-6(9)4-2-1-3-5-12-7(10)11/h7-9,14-17,19,22,24H,3-6,10-11H2,1-2H3;1-5H2,(H,8,9). The minimum atomic E-state index is -0.850. The molecule has 206 valence electrons. The molecule has 0 aromatic heterocycles. The van der Waals surface area contributed by atoms with Gasteiger partial charge in [0.1, 0.15) is 6.61 Å². The molecule has 10 nitrogen and oxygen atoms in total. The van der Waals surface area contributed by atoms with E-state index in [0.29, 0.717) is 37.5 Å². The van der Waals surface area contributed by atoms with Crippen LogP contribution in [0.5, 0.6) is 0 Å². The van der Waals surface area contributed by atoms with Crippen LogP contribution >= 0.6 is 0 Å². The number of carbonyl (C=O) groups is 3. The Balaban J connectivity index is 0.000000270. The zero-order valence-corrected chi connectivity index (χ0v) is 21.6. The first kappa shape index (κ1) is 29.0. The van der Waals surface area contributed by atoms with E-state index in [0.717, 1.165) is 31.3 Å². The molecule has 4 rings (SSSR count). The first-order valence-corrected chi connectivity index (χ1v) is 13.2. The lowest BCUT2D eigenvalue weighted by atomic mass is 9.46. The van der Waals surface area contributed by atoms with Gasteiger partial charge in [0.15, 0.2) is 11.6 Å². The van der Waals surface area contributed by atoms with Crippen LogP contribution in [0.2, 0.25) is 0 Å². The fourth-order valence-corrected chi connectivity index (χ4v) is 7.66. The van der Waals surface area contributed by atoms with Gasteiger partial charge in [0, 0.05) is 23.7 Å². The first-order chi connectivity index (χ1) is 17.4. The lowest BCUT2D eigenvalue weighted by Gasteiger charge is -2.58. The molecule has 0 aliphatic heterocycles. The summed E-state index contributed by atoms with van der Waals surface area (Å²) >= 11 is 0. The highest BCUT2D eigenvalue weighted by atomic mass is 16.9. The number of hydrogen-bond donors (Lipinski definition) is 3. The number of ketones is 2. The summed E-state index contributed by atoms with van der Waals surface area (Å²) in [5.41, 5.74) is 0.688. The quantitative estimate of drug-likeness (QED) is 0.234. The van der Waals surface area contributed by atoms with Gasteiger partial charge in [0.25, 0.3) is 5.09 Å². The van der Waals surface area contributed by atoms with Crippen LogP contribution in [0, 0.1) is 44.6 Å². The molecule has 10 heteroatoms.